The van der Waals surface area contributed by atoms with Crippen LogP contribution in [0.15, 0.2) is 36.4 Å². The minimum atomic E-state index is -0.366. The largest absolute Gasteiger partial charge is 0.493 e. The molecule has 8 nitrogen and oxygen atoms in total. The number of nitrogens with zero attached hydrogens (tertiary/aromatic N) is 2. The molecule has 2 aromatic carbocycles. The predicted octanol–water partition coefficient (Wildman–Crippen LogP) is 3.00. The van der Waals surface area contributed by atoms with Gasteiger partial charge in [0.05, 0.1) is 25.5 Å². The van der Waals surface area contributed by atoms with Gasteiger partial charge >= 0.3 is 0 Å². The van der Waals surface area contributed by atoms with Gasteiger partial charge in [-0.25, -0.2) is 0 Å². The van der Waals surface area contributed by atoms with Crippen LogP contribution in [-0.2, 0) is 0 Å². The van der Waals surface area contributed by atoms with Crippen molar-refractivity contribution in [1.82, 2.24) is 4.98 Å². The van der Waals surface area contributed by atoms with Gasteiger partial charge in [0, 0.05) is 23.2 Å². The Balaban J connectivity index is 2.02. The molecule has 0 saturated carbocycles. The molecule has 0 saturated heterocycles. The van der Waals surface area contributed by atoms with Crippen molar-refractivity contribution in [1.29, 1.82) is 5.26 Å². The Hall–Kier alpha value is -4.12. The fourth-order valence-electron chi connectivity index (χ4n) is 3.60. The molecule has 2 heterocycles. The van der Waals surface area contributed by atoms with Crippen LogP contribution in [0.3, 0.4) is 0 Å². The van der Waals surface area contributed by atoms with E-state index < -0.39 is 0 Å². The number of fused-ring (bicyclic) bond motifs is 2. The lowest BCUT2D eigenvalue weighted by Crippen LogP contribution is -2.17. The number of nitriles is 1. The summed E-state index contributed by atoms with van der Waals surface area (Å²) in [6.07, 6.45) is 0. The van der Waals surface area contributed by atoms with Gasteiger partial charge in [-0.05, 0) is 23.8 Å². The summed E-state index contributed by atoms with van der Waals surface area (Å²) in [6.45, 7) is 0. The SMILES string of the molecule is COc1ccc([C@H]2c3ccc(N)cc3Oc3nc(N)c(C#N)c(N)c32)cc1OC. The number of methoxy groups -OCH3 is 2. The van der Waals surface area contributed by atoms with E-state index >= 15 is 0 Å². The summed E-state index contributed by atoms with van der Waals surface area (Å²) in [5.41, 5.74) is 21.4. The summed E-state index contributed by atoms with van der Waals surface area (Å²) in [5.74, 6) is 1.61. The second-order valence-corrected chi connectivity index (χ2v) is 6.56. The molecule has 0 amide bonds. The maximum Gasteiger partial charge on any atom is 0.227 e. The monoisotopic (exact) mass is 389 g/mol. The molecule has 1 aromatic heterocycles. The summed E-state index contributed by atoms with van der Waals surface area (Å²) in [6, 6.07) is 13.0. The third kappa shape index (κ3) is 2.80. The number of anilines is 3. The smallest absolute Gasteiger partial charge is 0.227 e. The molecule has 0 spiro atoms. The third-order valence-electron chi connectivity index (χ3n) is 4.96. The maximum absolute atomic E-state index is 9.50. The Labute approximate surface area is 167 Å². The van der Waals surface area contributed by atoms with Crippen molar-refractivity contribution in [3.05, 3.63) is 58.7 Å². The molecule has 8 heteroatoms. The van der Waals surface area contributed by atoms with E-state index in [2.05, 4.69) is 4.98 Å². The Morgan fingerprint density at radius 3 is 2.48 bits per heavy atom. The Morgan fingerprint density at radius 2 is 1.79 bits per heavy atom. The van der Waals surface area contributed by atoms with Crippen molar-refractivity contribution in [3.8, 4) is 29.2 Å². The normalized spacial score (nSPS) is 14.2. The first-order valence-corrected chi connectivity index (χ1v) is 8.76. The molecule has 1 aliphatic heterocycles. The Bertz CT molecular complexity index is 1170. The molecule has 146 valence electrons. The zero-order valence-corrected chi connectivity index (χ0v) is 15.9. The number of hydrogen-bond acceptors (Lipinski definition) is 8. The molecule has 0 fully saturated rings. The fraction of sp³-hybridized carbons (Fsp3) is 0.143. The number of nitrogen functional groups attached to an aromatic ring is 3. The average Bonchev–Trinajstić information content (AvgIpc) is 2.71. The molecule has 29 heavy (non-hydrogen) atoms. The Morgan fingerprint density at radius 1 is 1.03 bits per heavy atom. The molecule has 0 unspecified atom stereocenters. The second-order valence-electron chi connectivity index (χ2n) is 6.56. The van der Waals surface area contributed by atoms with Crippen LogP contribution < -0.4 is 31.4 Å². The van der Waals surface area contributed by atoms with Gasteiger partial charge < -0.3 is 31.4 Å². The zero-order valence-electron chi connectivity index (χ0n) is 15.9. The summed E-state index contributed by atoms with van der Waals surface area (Å²) < 4.78 is 16.8. The topological polar surface area (TPSA) is 142 Å². The quantitative estimate of drug-likeness (QED) is 0.454. The molecule has 0 aliphatic carbocycles. The van der Waals surface area contributed by atoms with Crippen molar-refractivity contribution in [3.63, 3.8) is 0 Å². The number of hydrogen-bond donors (Lipinski definition) is 3. The minimum absolute atomic E-state index is 0.0159. The molecular formula is C21H19N5O3. The molecule has 6 N–H and O–H groups in total. The highest BCUT2D eigenvalue weighted by atomic mass is 16.5. The first kappa shape index (κ1) is 18.3. The van der Waals surface area contributed by atoms with Crippen molar-refractivity contribution >= 4 is 17.2 Å². The highest BCUT2D eigenvalue weighted by molar-refractivity contribution is 5.76. The van der Waals surface area contributed by atoms with E-state index in [1.807, 2.05) is 30.3 Å². The van der Waals surface area contributed by atoms with Crippen LogP contribution in [0.4, 0.5) is 17.2 Å². The fourth-order valence-corrected chi connectivity index (χ4v) is 3.60. The lowest BCUT2D eigenvalue weighted by atomic mass is 9.82. The molecule has 3 aromatic rings. The zero-order chi connectivity index (χ0) is 20.7. The van der Waals surface area contributed by atoms with E-state index in [9.17, 15) is 5.26 Å². The number of aromatic nitrogens is 1. The van der Waals surface area contributed by atoms with E-state index in [0.29, 0.717) is 28.5 Å². The number of nitrogens with two attached hydrogens (primary N) is 3. The lowest BCUT2D eigenvalue weighted by Gasteiger charge is -2.30. The van der Waals surface area contributed by atoms with Crippen molar-refractivity contribution in [2.75, 3.05) is 31.4 Å². The third-order valence-corrected chi connectivity index (χ3v) is 4.96. The van der Waals surface area contributed by atoms with Crippen LogP contribution in [-0.4, -0.2) is 19.2 Å². The lowest BCUT2D eigenvalue weighted by molar-refractivity contribution is 0.354. The maximum atomic E-state index is 9.50. The van der Waals surface area contributed by atoms with E-state index in [1.165, 1.54) is 0 Å². The summed E-state index contributed by atoms with van der Waals surface area (Å²) in [5, 5.41) is 9.50. The van der Waals surface area contributed by atoms with Gasteiger partial charge in [0.15, 0.2) is 11.5 Å². The van der Waals surface area contributed by atoms with E-state index in [0.717, 1.165) is 11.1 Å². The van der Waals surface area contributed by atoms with E-state index in [1.54, 1.807) is 26.4 Å². The van der Waals surface area contributed by atoms with Gasteiger partial charge in [0.25, 0.3) is 0 Å². The molecular weight excluding hydrogens is 370 g/mol. The number of rotatable bonds is 3. The van der Waals surface area contributed by atoms with Crippen LogP contribution in [0.2, 0.25) is 0 Å². The molecule has 1 atom stereocenters. The van der Waals surface area contributed by atoms with Crippen molar-refractivity contribution < 1.29 is 14.2 Å². The van der Waals surface area contributed by atoms with E-state index in [-0.39, 0.29) is 28.9 Å². The van der Waals surface area contributed by atoms with Gasteiger partial charge in [0.2, 0.25) is 5.88 Å². The average molecular weight is 389 g/mol. The first-order chi connectivity index (χ1) is 14.0. The Kier molecular flexibility index (Phi) is 4.28. The van der Waals surface area contributed by atoms with Crippen LogP contribution >= 0.6 is 0 Å². The van der Waals surface area contributed by atoms with Gasteiger partial charge in [0.1, 0.15) is 23.2 Å². The van der Waals surface area contributed by atoms with Gasteiger partial charge in [-0.2, -0.15) is 10.2 Å². The van der Waals surface area contributed by atoms with E-state index in [4.69, 9.17) is 31.4 Å². The van der Waals surface area contributed by atoms with Gasteiger partial charge in [-0.15, -0.1) is 0 Å². The van der Waals surface area contributed by atoms with Crippen LogP contribution in [0.25, 0.3) is 0 Å². The van der Waals surface area contributed by atoms with Gasteiger partial charge in [-0.3, -0.25) is 0 Å². The van der Waals surface area contributed by atoms with Crippen LogP contribution in [0, 0.1) is 11.3 Å². The standard InChI is InChI=1S/C21H19N5O3/c1-27-14-6-3-10(7-16(14)28-2)17-12-5-4-11(23)8-15(12)29-21-18(17)19(24)13(9-22)20(25)26-21/h3-8,17H,23H2,1-2H3,(H4,24,25,26)/t17-/m0/s1. The molecule has 4 rings (SSSR count). The number of pyridine rings is 1. The molecule has 0 radical (unpaired) electrons. The van der Waals surface area contributed by atoms with Crippen LogP contribution in [0.1, 0.15) is 28.2 Å². The number of ether oxygens (including phenoxy) is 3. The highest BCUT2D eigenvalue weighted by Crippen LogP contribution is 2.51. The summed E-state index contributed by atoms with van der Waals surface area (Å²) in [7, 11) is 3.14. The second kappa shape index (κ2) is 6.80. The van der Waals surface area contributed by atoms with Crippen molar-refractivity contribution in [2.45, 2.75) is 5.92 Å². The summed E-state index contributed by atoms with van der Waals surface area (Å²) >= 11 is 0. The van der Waals surface area contributed by atoms with Gasteiger partial charge in [-0.1, -0.05) is 12.1 Å². The first-order valence-electron chi connectivity index (χ1n) is 8.76. The van der Waals surface area contributed by atoms with Crippen LogP contribution in [0.5, 0.6) is 23.1 Å². The number of benzene rings is 2. The predicted molar refractivity (Wildman–Crippen MR) is 109 cm³/mol. The highest BCUT2D eigenvalue weighted by Gasteiger charge is 2.34. The molecule has 0 bridgehead atoms. The summed E-state index contributed by atoms with van der Waals surface area (Å²) in [4.78, 5) is 4.28. The van der Waals surface area contributed by atoms with Crippen molar-refractivity contribution in [2.24, 2.45) is 0 Å². The molecule has 1 aliphatic rings. The minimum Gasteiger partial charge on any atom is -0.493 e.